The summed E-state index contributed by atoms with van der Waals surface area (Å²) < 4.78 is 5.50. The molecule has 1 aromatic carbocycles. The second-order valence-corrected chi connectivity index (χ2v) is 6.25. The molecule has 25 heavy (non-hydrogen) atoms. The lowest BCUT2D eigenvalue weighted by Gasteiger charge is -2.42. The van der Waals surface area contributed by atoms with Crippen LogP contribution in [0, 0.1) is 0 Å². The number of hydrogen-bond acceptors (Lipinski definition) is 4. The quantitative estimate of drug-likeness (QED) is 0.637. The van der Waals surface area contributed by atoms with E-state index in [1.165, 1.54) is 0 Å². The van der Waals surface area contributed by atoms with Crippen molar-refractivity contribution in [2.24, 2.45) is 0 Å². The van der Waals surface area contributed by atoms with Crippen LogP contribution in [0.5, 0.6) is 5.75 Å². The molecule has 1 aliphatic carbocycles. The Hall–Kier alpha value is -2.28. The maximum absolute atomic E-state index is 12.0. The van der Waals surface area contributed by atoms with Crippen LogP contribution in [0.4, 0.5) is 10.5 Å². The molecule has 138 valence electrons. The number of carbonyl (C=O) groups excluding carboxylic acids is 1. The van der Waals surface area contributed by atoms with Crippen LogP contribution >= 0.6 is 0 Å². The number of benzene rings is 1. The molecule has 1 saturated carbocycles. The molecule has 0 aromatic heterocycles. The number of carboxylic acid groups (broad SMARTS) is 1. The Morgan fingerprint density at radius 2 is 1.92 bits per heavy atom. The Bertz CT molecular complexity index is 570. The average Bonchev–Trinajstić information content (AvgIpc) is 2.55. The van der Waals surface area contributed by atoms with Crippen LogP contribution in [-0.4, -0.2) is 53.8 Å². The third-order valence-electron chi connectivity index (χ3n) is 4.29. The zero-order valence-electron chi connectivity index (χ0n) is 14.8. The number of urea groups is 1. The highest BCUT2D eigenvalue weighted by Gasteiger charge is 2.34. The molecule has 1 aromatic rings. The number of anilines is 1. The van der Waals surface area contributed by atoms with Crippen molar-refractivity contribution in [1.29, 1.82) is 0 Å². The molecule has 2 rings (SSSR count). The largest absolute Gasteiger partial charge is 0.494 e. The molecular weight excluding hydrogens is 322 g/mol. The van der Waals surface area contributed by atoms with Crippen molar-refractivity contribution < 1.29 is 19.4 Å². The zero-order chi connectivity index (χ0) is 18.2. The minimum atomic E-state index is -0.817. The van der Waals surface area contributed by atoms with Crippen molar-refractivity contribution in [3.63, 3.8) is 0 Å². The predicted octanol–water partition coefficient (Wildman–Crippen LogP) is 2.53. The van der Waals surface area contributed by atoms with E-state index in [1.54, 1.807) is 12.1 Å². The smallest absolute Gasteiger partial charge is 0.319 e. The number of amides is 2. The molecule has 0 aliphatic heterocycles. The summed E-state index contributed by atoms with van der Waals surface area (Å²) >= 11 is 0. The highest BCUT2D eigenvalue weighted by molar-refractivity contribution is 5.89. The summed E-state index contributed by atoms with van der Waals surface area (Å²) in [5, 5.41) is 14.6. The van der Waals surface area contributed by atoms with E-state index in [4.69, 9.17) is 9.84 Å². The van der Waals surface area contributed by atoms with E-state index in [0.29, 0.717) is 18.8 Å². The van der Waals surface area contributed by atoms with Gasteiger partial charge in [0.15, 0.2) is 0 Å². The molecule has 3 N–H and O–H groups in total. The number of nitrogens with zero attached hydrogens (tertiary/aromatic N) is 1. The van der Waals surface area contributed by atoms with Crippen molar-refractivity contribution in [2.45, 2.75) is 45.2 Å². The molecule has 0 unspecified atom stereocenters. The molecule has 1 aliphatic rings. The van der Waals surface area contributed by atoms with E-state index in [0.717, 1.165) is 25.0 Å². The number of nitrogens with one attached hydrogen (secondary N) is 2. The number of hydrogen-bond donors (Lipinski definition) is 3. The van der Waals surface area contributed by atoms with Crippen LogP contribution in [0.2, 0.25) is 0 Å². The van der Waals surface area contributed by atoms with E-state index in [9.17, 15) is 9.59 Å². The number of carbonyl (C=O) groups is 2. The Labute approximate surface area is 148 Å². The van der Waals surface area contributed by atoms with Gasteiger partial charge in [-0.05, 0) is 50.1 Å². The van der Waals surface area contributed by atoms with Gasteiger partial charge < -0.3 is 20.5 Å². The molecular formula is C18H27N3O4. The van der Waals surface area contributed by atoms with Gasteiger partial charge in [-0.15, -0.1) is 0 Å². The van der Waals surface area contributed by atoms with E-state index in [-0.39, 0.29) is 24.7 Å². The van der Waals surface area contributed by atoms with Crippen LogP contribution < -0.4 is 15.4 Å². The number of ether oxygens (including phenoxy) is 1. The lowest BCUT2D eigenvalue weighted by Crippen LogP contribution is -2.55. The van der Waals surface area contributed by atoms with Crippen molar-refractivity contribution in [3.05, 3.63) is 24.3 Å². The molecule has 0 atom stereocenters. The fourth-order valence-corrected chi connectivity index (χ4v) is 2.88. The third kappa shape index (κ3) is 5.94. The van der Waals surface area contributed by atoms with Crippen molar-refractivity contribution in [2.75, 3.05) is 25.0 Å². The number of carboxylic acids is 1. The van der Waals surface area contributed by atoms with Crippen LogP contribution in [0.15, 0.2) is 24.3 Å². The van der Waals surface area contributed by atoms with Gasteiger partial charge in [0, 0.05) is 17.8 Å². The molecule has 0 heterocycles. The summed E-state index contributed by atoms with van der Waals surface area (Å²) in [7, 11) is 0. The first-order valence-corrected chi connectivity index (χ1v) is 8.78. The Morgan fingerprint density at radius 3 is 2.48 bits per heavy atom. The van der Waals surface area contributed by atoms with Crippen molar-refractivity contribution in [3.8, 4) is 5.75 Å². The molecule has 0 saturated heterocycles. The van der Waals surface area contributed by atoms with Gasteiger partial charge in [-0.1, -0.05) is 13.8 Å². The van der Waals surface area contributed by atoms with Gasteiger partial charge >= 0.3 is 12.0 Å². The predicted molar refractivity (Wildman–Crippen MR) is 96.1 cm³/mol. The van der Waals surface area contributed by atoms with Gasteiger partial charge in [-0.25, -0.2) is 4.79 Å². The summed E-state index contributed by atoms with van der Waals surface area (Å²) in [5.74, 6) is -0.0323. The van der Waals surface area contributed by atoms with Gasteiger partial charge in [0.1, 0.15) is 5.75 Å². The average molecular weight is 349 g/mol. The van der Waals surface area contributed by atoms with Crippen LogP contribution in [0.3, 0.4) is 0 Å². The second-order valence-electron chi connectivity index (χ2n) is 6.25. The topological polar surface area (TPSA) is 90.9 Å². The second kappa shape index (κ2) is 9.27. The maximum Gasteiger partial charge on any atom is 0.319 e. The number of aliphatic carboxylic acids is 1. The minimum absolute atomic E-state index is 0.0481. The monoisotopic (exact) mass is 349 g/mol. The molecule has 2 amide bonds. The summed E-state index contributed by atoms with van der Waals surface area (Å²) in [6.45, 7) is 5.42. The lowest BCUT2D eigenvalue weighted by molar-refractivity contribution is -0.139. The van der Waals surface area contributed by atoms with Gasteiger partial charge in [0.2, 0.25) is 0 Å². The minimum Gasteiger partial charge on any atom is -0.494 e. The van der Waals surface area contributed by atoms with Crippen LogP contribution in [-0.2, 0) is 4.79 Å². The highest BCUT2D eigenvalue weighted by Crippen LogP contribution is 2.25. The fraction of sp³-hybridized carbons (Fsp3) is 0.556. The molecule has 1 fully saturated rings. The first-order chi connectivity index (χ1) is 12.0. The Kier molecular flexibility index (Phi) is 7.06. The van der Waals surface area contributed by atoms with Crippen LogP contribution in [0.25, 0.3) is 0 Å². The zero-order valence-corrected chi connectivity index (χ0v) is 14.8. The Balaban J connectivity index is 1.72. The number of rotatable bonds is 9. The SMILES string of the molecule is CCCOc1ccc(NC(=O)NC2CC(N(CC)CC(=O)O)C2)cc1. The summed E-state index contributed by atoms with van der Waals surface area (Å²) in [6, 6.07) is 7.33. The van der Waals surface area contributed by atoms with E-state index in [1.807, 2.05) is 30.9 Å². The van der Waals surface area contributed by atoms with E-state index >= 15 is 0 Å². The van der Waals surface area contributed by atoms with E-state index < -0.39 is 5.97 Å². The van der Waals surface area contributed by atoms with Crippen molar-refractivity contribution >= 4 is 17.7 Å². The summed E-state index contributed by atoms with van der Waals surface area (Å²) in [5.41, 5.74) is 0.707. The normalized spacial score (nSPS) is 19.2. The first kappa shape index (κ1) is 19.1. The van der Waals surface area contributed by atoms with Crippen molar-refractivity contribution in [1.82, 2.24) is 10.2 Å². The molecule has 7 heteroatoms. The molecule has 7 nitrogen and oxygen atoms in total. The fourth-order valence-electron chi connectivity index (χ4n) is 2.88. The maximum atomic E-state index is 12.0. The summed E-state index contributed by atoms with van der Waals surface area (Å²) in [6.07, 6.45) is 2.50. The van der Waals surface area contributed by atoms with Gasteiger partial charge in [-0.3, -0.25) is 9.69 Å². The standard InChI is InChI=1S/C18H27N3O4/c1-3-9-25-16-7-5-13(6-8-16)19-18(24)20-14-10-15(11-14)21(4-2)12-17(22)23/h5-8,14-15H,3-4,9-12H2,1-2H3,(H,22,23)(H2,19,20,24). The lowest BCUT2D eigenvalue weighted by atomic mass is 9.85. The highest BCUT2D eigenvalue weighted by atomic mass is 16.5. The van der Waals surface area contributed by atoms with Gasteiger partial charge in [-0.2, -0.15) is 0 Å². The molecule has 0 bridgehead atoms. The third-order valence-corrected chi connectivity index (χ3v) is 4.29. The Morgan fingerprint density at radius 1 is 1.24 bits per heavy atom. The first-order valence-electron chi connectivity index (χ1n) is 8.78. The molecule has 0 spiro atoms. The van der Waals surface area contributed by atoms with Crippen LogP contribution in [0.1, 0.15) is 33.1 Å². The molecule has 0 radical (unpaired) electrons. The van der Waals surface area contributed by atoms with Gasteiger partial charge in [0.25, 0.3) is 0 Å². The van der Waals surface area contributed by atoms with Gasteiger partial charge in [0.05, 0.1) is 13.2 Å². The van der Waals surface area contributed by atoms with E-state index in [2.05, 4.69) is 10.6 Å². The number of likely N-dealkylation sites (N-methyl/N-ethyl adjacent to an activating group) is 1. The summed E-state index contributed by atoms with van der Waals surface area (Å²) in [4.78, 5) is 24.8.